The third-order valence-corrected chi connectivity index (χ3v) is 4.82. The first kappa shape index (κ1) is 13.6. The summed E-state index contributed by atoms with van der Waals surface area (Å²) in [6.07, 6.45) is 4.38. The average molecular weight is 295 g/mol. The molecule has 0 saturated heterocycles. The van der Waals surface area contributed by atoms with Gasteiger partial charge in [0, 0.05) is 12.5 Å². The lowest BCUT2D eigenvalue weighted by Gasteiger charge is -2.47. The highest BCUT2D eigenvalue weighted by Crippen LogP contribution is 2.50. The van der Waals surface area contributed by atoms with Crippen molar-refractivity contribution in [1.82, 2.24) is 0 Å². The molecule has 0 bridgehead atoms. The molecule has 1 spiro atoms. The van der Waals surface area contributed by atoms with Gasteiger partial charge in [-0.05, 0) is 37.0 Å². The van der Waals surface area contributed by atoms with Crippen LogP contribution in [0.15, 0.2) is 48.5 Å². The third-order valence-electron chi connectivity index (χ3n) is 4.82. The molecule has 1 aliphatic heterocycles. The minimum absolute atomic E-state index is 0.00368. The van der Waals surface area contributed by atoms with Gasteiger partial charge in [0.25, 0.3) is 0 Å². The number of ether oxygens (including phenoxy) is 2. The van der Waals surface area contributed by atoms with Crippen molar-refractivity contribution in [3.8, 4) is 11.5 Å². The Balaban J connectivity index is 1.58. The Hall–Kier alpha value is -2.00. The highest BCUT2D eigenvalue weighted by molar-refractivity contribution is 5.49. The fourth-order valence-electron chi connectivity index (χ4n) is 3.49. The minimum Gasteiger partial charge on any atom is -0.488 e. The molecule has 2 aromatic carbocycles. The first-order chi connectivity index (χ1) is 10.8. The van der Waals surface area contributed by atoms with E-state index in [-0.39, 0.29) is 11.6 Å². The summed E-state index contributed by atoms with van der Waals surface area (Å²) in [4.78, 5) is 0. The second-order valence-corrected chi connectivity index (χ2v) is 6.39. The van der Waals surface area contributed by atoms with Crippen LogP contribution in [-0.2, 0) is 6.61 Å². The zero-order valence-corrected chi connectivity index (χ0v) is 12.6. The summed E-state index contributed by atoms with van der Waals surface area (Å²) in [6.45, 7) is 0.551. The monoisotopic (exact) mass is 295 g/mol. The highest BCUT2D eigenvalue weighted by atomic mass is 16.5. The molecule has 2 aliphatic rings. The first-order valence-electron chi connectivity index (χ1n) is 8.00. The number of benzene rings is 2. The fraction of sp³-hybridized carbons (Fsp3) is 0.368. The molecule has 0 radical (unpaired) electrons. The van der Waals surface area contributed by atoms with E-state index in [4.69, 9.17) is 15.2 Å². The van der Waals surface area contributed by atoms with Crippen LogP contribution >= 0.6 is 0 Å². The van der Waals surface area contributed by atoms with Crippen molar-refractivity contribution in [3.63, 3.8) is 0 Å². The molecule has 0 amide bonds. The molecule has 114 valence electrons. The summed E-state index contributed by atoms with van der Waals surface area (Å²) >= 11 is 0. The van der Waals surface area contributed by atoms with Gasteiger partial charge in [0.1, 0.15) is 23.7 Å². The van der Waals surface area contributed by atoms with Crippen molar-refractivity contribution in [2.24, 2.45) is 5.73 Å². The molecule has 1 saturated carbocycles. The van der Waals surface area contributed by atoms with Gasteiger partial charge in [-0.2, -0.15) is 0 Å². The van der Waals surface area contributed by atoms with E-state index in [9.17, 15) is 0 Å². The molecule has 2 aromatic rings. The van der Waals surface area contributed by atoms with E-state index < -0.39 is 0 Å². The van der Waals surface area contributed by atoms with Gasteiger partial charge in [0.05, 0.1) is 5.56 Å². The van der Waals surface area contributed by atoms with Crippen molar-refractivity contribution < 1.29 is 9.47 Å². The van der Waals surface area contributed by atoms with Crippen LogP contribution in [0.2, 0.25) is 0 Å². The molecule has 0 aromatic heterocycles. The Bertz CT molecular complexity index is 664. The van der Waals surface area contributed by atoms with E-state index in [1.165, 1.54) is 6.42 Å². The summed E-state index contributed by atoms with van der Waals surface area (Å²) in [6, 6.07) is 16.2. The Morgan fingerprint density at radius 2 is 1.91 bits per heavy atom. The Morgan fingerprint density at radius 1 is 1.09 bits per heavy atom. The summed E-state index contributed by atoms with van der Waals surface area (Å²) in [7, 11) is 0. The SMILES string of the molecule is NC1CC2(CCC2)Oc2cccc(OCc3ccccc3)c21. The van der Waals surface area contributed by atoms with Crippen LogP contribution in [0.1, 0.15) is 42.9 Å². The maximum atomic E-state index is 6.44. The summed E-state index contributed by atoms with van der Waals surface area (Å²) in [5.41, 5.74) is 8.61. The minimum atomic E-state index is -0.00945. The Labute approximate surface area is 131 Å². The van der Waals surface area contributed by atoms with Crippen LogP contribution in [0.4, 0.5) is 0 Å². The Kier molecular flexibility index (Phi) is 3.30. The standard InChI is InChI=1S/C19H21NO2/c20-15-12-19(10-5-11-19)22-17-9-4-8-16(18(15)17)21-13-14-6-2-1-3-7-14/h1-4,6-9,15H,5,10-13,20H2. The average Bonchev–Trinajstić information content (AvgIpc) is 2.52. The molecule has 3 nitrogen and oxygen atoms in total. The summed E-state index contributed by atoms with van der Waals surface area (Å²) < 4.78 is 12.3. The lowest BCUT2D eigenvalue weighted by atomic mass is 9.73. The molecule has 1 heterocycles. The zero-order chi connectivity index (χ0) is 15.0. The largest absolute Gasteiger partial charge is 0.488 e. The lowest BCUT2D eigenvalue weighted by molar-refractivity contribution is -0.0336. The highest BCUT2D eigenvalue weighted by Gasteiger charge is 2.45. The van der Waals surface area contributed by atoms with E-state index in [0.717, 1.165) is 41.9 Å². The van der Waals surface area contributed by atoms with Crippen LogP contribution in [0.5, 0.6) is 11.5 Å². The molecule has 2 N–H and O–H groups in total. The van der Waals surface area contributed by atoms with Crippen molar-refractivity contribution in [3.05, 3.63) is 59.7 Å². The van der Waals surface area contributed by atoms with Gasteiger partial charge in [0.2, 0.25) is 0 Å². The van der Waals surface area contributed by atoms with E-state index in [0.29, 0.717) is 6.61 Å². The Morgan fingerprint density at radius 3 is 2.64 bits per heavy atom. The molecular weight excluding hydrogens is 274 g/mol. The number of fused-ring (bicyclic) bond motifs is 1. The van der Waals surface area contributed by atoms with Gasteiger partial charge >= 0.3 is 0 Å². The number of hydrogen-bond donors (Lipinski definition) is 1. The van der Waals surface area contributed by atoms with Gasteiger partial charge in [-0.3, -0.25) is 0 Å². The molecule has 1 fully saturated rings. The quantitative estimate of drug-likeness (QED) is 0.931. The third kappa shape index (κ3) is 2.35. The molecule has 1 unspecified atom stereocenters. The van der Waals surface area contributed by atoms with E-state index in [1.54, 1.807) is 0 Å². The van der Waals surface area contributed by atoms with Crippen molar-refractivity contribution in [2.75, 3.05) is 0 Å². The molecule has 1 atom stereocenters. The summed E-state index contributed by atoms with van der Waals surface area (Å²) in [5.74, 6) is 1.76. The van der Waals surface area contributed by atoms with Crippen LogP contribution in [-0.4, -0.2) is 5.60 Å². The van der Waals surface area contributed by atoms with Gasteiger partial charge < -0.3 is 15.2 Å². The second kappa shape index (κ2) is 5.33. The molecular formula is C19H21NO2. The normalized spacial score (nSPS) is 21.6. The fourth-order valence-corrected chi connectivity index (χ4v) is 3.49. The van der Waals surface area contributed by atoms with Crippen LogP contribution in [0.25, 0.3) is 0 Å². The van der Waals surface area contributed by atoms with Crippen molar-refractivity contribution >= 4 is 0 Å². The van der Waals surface area contributed by atoms with Gasteiger partial charge in [-0.25, -0.2) is 0 Å². The van der Waals surface area contributed by atoms with Crippen molar-refractivity contribution in [2.45, 2.75) is 43.9 Å². The number of rotatable bonds is 3. The van der Waals surface area contributed by atoms with Crippen LogP contribution in [0, 0.1) is 0 Å². The molecule has 4 rings (SSSR count). The summed E-state index contributed by atoms with van der Waals surface area (Å²) in [5, 5.41) is 0. The smallest absolute Gasteiger partial charge is 0.128 e. The maximum absolute atomic E-state index is 6.44. The zero-order valence-electron chi connectivity index (χ0n) is 12.6. The van der Waals surface area contributed by atoms with E-state index >= 15 is 0 Å². The van der Waals surface area contributed by atoms with Crippen molar-refractivity contribution in [1.29, 1.82) is 0 Å². The van der Waals surface area contributed by atoms with Gasteiger partial charge in [-0.15, -0.1) is 0 Å². The molecule has 1 aliphatic carbocycles. The number of nitrogens with two attached hydrogens (primary N) is 1. The first-order valence-corrected chi connectivity index (χ1v) is 8.00. The topological polar surface area (TPSA) is 44.5 Å². The van der Waals surface area contributed by atoms with E-state index in [2.05, 4.69) is 12.1 Å². The van der Waals surface area contributed by atoms with E-state index in [1.807, 2.05) is 36.4 Å². The predicted molar refractivity (Wildman–Crippen MR) is 86.0 cm³/mol. The molecule has 3 heteroatoms. The van der Waals surface area contributed by atoms with Crippen LogP contribution in [0.3, 0.4) is 0 Å². The lowest BCUT2D eigenvalue weighted by Crippen LogP contribution is -2.48. The predicted octanol–water partition coefficient (Wildman–Crippen LogP) is 3.97. The van der Waals surface area contributed by atoms with Gasteiger partial charge in [0.15, 0.2) is 0 Å². The molecule has 22 heavy (non-hydrogen) atoms. The maximum Gasteiger partial charge on any atom is 0.128 e. The van der Waals surface area contributed by atoms with Gasteiger partial charge in [-0.1, -0.05) is 36.4 Å². The number of hydrogen-bond acceptors (Lipinski definition) is 3. The second-order valence-electron chi connectivity index (χ2n) is 6.39. The van der Waals surface area contributed by atoms with Crippen LogP contribution < -0.4 is 15.2 Å².